The molecule has 0 aliphatic heterocycles. The van der Waals surface area contributed by atoms with Crippen molar-refractivity contribution in [2.24, 2.45) is 0 Å². The fourth-order valence-electron chi connectivity index (χ4n) is 6.77. The van der Waals surface area contributed by atoms with Crippen LogP contribution in [-0.4, -0.2) is 4.57 Å². The Morgan fingerprint density at radius 2 is 1.00 bits per heavy atom. The van der Waals surface area contributed by atoms with E-state index in [2.05, 4.69) is 178 Å². The predicted octanol–water partition coefficient (Wildman–Crippen LogP) is 12.9. The number of nitrogens with zero attached hydrogens (tertiary/aromatic N) is 1. The van der Waals surface area contributed by atoms with E-state index in [1.165, 1.54) is 75.4 Å². The molecule has 0 saturated carbocycles. The van der Waals surface area contributed by atoms with Crippen molar-refractivity contribution in [2.45, 2.75) is 0 Å². The summed E-state index contributed by atoms with van der Waals surface area (Å²) in [5.74, 6) is 0. The molecule has 0 amide bonds. The predicted molar refractivity (Wildman–Crippen MR) is 198 cm³/mol. The van der Waals surface area contributed by atoms with E-state index in [9.17, 15) is 0 Å². The summed E-state index contributed by atoms with van der Waals surface area (Å²) in [5, 5.41) is 5.16. The fourth-order valence-corrected chi connectivity index (χ4v) is 8.25. The minimum Gasteiger partial charge on any atom is -0.309 e. The third kappa shape index (κ3) is 4.42. The van der Waals surface area contributed by atoms with Crippen LogP contribution in [-0.2, 0) is 0 Å². The standard InChI is InChI=1S/C42H26BrNS/c43-31-10-8-9-29(23-31)33-13-4-5-14-34(33)30-18-21-36-35-20-17-28(25-39(35)44(40(36)26-30)32-11-2-1-3-12-32)27-19-22-42-38(24-27)37-15-6-7-16-41(37)45-42/h1-26H. The molecular weight excluding hydrogens is 630 g/mol. The molecule has 2 aromatic heterocycles. The van der Waals surface area contributed by atoms with E-state index in [1.54, 1.807) is 0 Å². The molecule has 0 spiro atoms. The van der Waals surface area contributed by atoms with Gasteiger partial charge < -0.3 is 4.57 Å². The number of rotatable bonds is 4. The number of hydrogen-bond acceptors (Lipinski definition) is 1. The summed E-state index contributed by atoms with van der Waals surface area (Å²) in [7, 11) is 0. The average molecular weight is 657 g/mol. The van der Waals surface area contributed by atoms with Gasteiger partial charge in [-0.25, -0.2) is 0 Å². The van der Waals surface area contributed by atoms with Crippen LogP contribution >= 0.6 is 27.3 Å². The van der Waals surface area contributed by atoms with Gasteiger partial charge in [-0.2, -0.15) is 0 Å². The number of benzene rings is 7. The minimum absolute atomic E-state index is 1.08. The number of para-hydroxylation sites is 1. The van der Waals surface area contributed by atoms with Gasteiger partial charge in [-0.15, -0.1) is 11.3 Å². The third-order valence-electron chi connectivity index (χ3n) is 8.87. The van der Waals surface area contributed by atoms with E-state index in [1.807, 2.05) is 11.3 Å². The quantitative estimate of drug-likeness (QED) is 0.178. The molecule has 212 valence electrons. The van der Waals surface area contributed by atoms with Crippen LogP contribution in [0, 0.1) is 0 Å². The van der Waals surface area contributed by atoms with Gasteiger partial charge in [0.25, 0.3) is 0 Å². The second-order valence-electron chi connectivity index (χ2n) is 11.5. The van der Waals surface area contributed by atoms with Gasteiger partial charge in [0.15, 0.2) is 0 Å². The average Bonchev–Trinajstić information content (AvgIpc) is 3.63. The third-order valence-corrected chi connectivity index (χ3v) is 10.5. The van der Waals surface area contributed by atoms with Crippen LogP contribution < -0.4 is 0 Å². The van der Waals surface area contributed by atoms with Gasteiger partial charge in [-0.1, -0.05) is 119 Å². The molecule has 0 unspecified atom stereocenters. The van der Waals surface area contributed by atoms with Crippen LogP contribution in [0.3, 0.4) is 0 Å². The van der Waals surface area contributed by atoms with Crippen LogP contribution in [0.4, 0.5) is 0 Å². The molecule has 9 rings (SSSR count). The van der Waals surface area contributed by atoms with Crippen LogP contribution in [0.5, 0.6) is 0 Å². The molecule has 3 heteroatoms. The molecule has 0 aliphatic rings. The van der Waals surface area contributed by atoms with E-state index in [0.29, 0.717) is 0 Å². The Balaban J connectivity index is 1.27. The molecule has 1 nitrogen and oxygen atoms in total. The summed E-state index contributed by atoms with van der Waals surface area (Å²) in [6.07, 6.45) is 0. The smallest absolute Gasteiger partial charge is 0.0547 e. The minimum atomic E-state index is 1.08. The first-order chi connectivity index (χ1) is 22.2. The highest BCUT2D eigenvalue weighted by Gasteiger charge is 2.16. The summed E-state index contributed by atoms with van der Waals surface area (Å²) in [4.78, 5) is 0. The Labute approximate surface area is 273 Å². The zero-order valence-electron chi connectivity index (χ0n) is 24.2. The molecule has 0 fully saturated rings. The van der Waals surface area contributed by atoms with Crippen LogP contribution in [0.1, 0.15) is 0 Å². The number of thiophene rings is 1. The van der Waals surface area contributed by atoms with E-state index in [-0.39, 0.29) is 0 Å². The highest BCUT2D eigenvalue weighted by atomic mass is 79.9. The Morgan fingerprint density at radius 3 is 1.78 bits per heavy atom. The topological polar surface area (TPSA) is 4.93 Å². The van der Waals surface area contributed by atoms with Crippen molar-refractivity contribution in [3.63, 3.8) is 0 Å². The summed E-state index contributed by atoms with van der Waals surface area (Å²) < 4.78 is 6.17. The molecule has 0 saturated heterocycles. The first-order valence-corrected chi connectivity index (χ1v) is 16.7. The summed E-state index contributed by atoms with van der Waals surface area (Å²) in [5.41, 5.74) is 10.9. The Kier molecular flexibility index (Phi) is 6.22. The number of halogens is 1. The molecule has 7 aromatic carbocycles. The first-order valence-electron chi connectivity index (χ1n) is 15.1. The zero-order valence-corrected chi connectivity index (χ0v) is 26.6. The van der Waals surface area contributed by atoms with Crippen molar-refractivity contribution >= 4 is 69.2 Å². The van der Waals surface area contributed by atoms with Gasteiger partial charge in [0, 0.05) is 41.1 Å². The normalized spacial score (nSPS) is 11.7. The monoisotopic (exact) mass is 655 g/mol. The maximum absolute atomic E-state index is 3.67. The van der Waals surface area contributed by atoms with Crippen molar-refractivity contribution in [3.8, 4) is 39.1 Å². The first kappa shape index (κ1) is 26.4. The SMILES string of the molecule is Brc1cccc(-c2ccccc2-c2ccc3c4ccc(-c5ccc6sc7ccccc7c6c5)cc4n(-c4ccccc4)c3c2)c1. The van der Waals surface area contributed by atoms with Crippen LogP contribution in [0.25, 0.3) is 81.0 Å². The van der Waals surface area contributed by atoms with Crippen LogP contribution in [0.15, 0.2) is 162 Å². The summed E-state index contributed by atoms with van der Waals surface area (Å²) in [6, 6.07) is 57.5. The molecule has 0 bridgehead atoms. The highest BCUT2D eigenvalue weighted by molar-refractivity contribution is 9.10. The second kappa shape index (κ2) is 10.6. The highest BCUT2D eigenvalue weighted by Crippen LogP contribution is 2.41. The van der Waals surface area contributed by atoms with Gasteiger partial charge in [-0.05, 0) is 88.0 Å². The molecule has 0 radical (unpaired) electrons. The van der Waals surface area contributed by atoms with Crippen molar-refractivity contribution in [2.75, 3.05) is 0 Å². The fraction of sp³-hybridized carbons (Fsp3) is 0. The van der Waals surface area contributed by atoms with E-state index in [0.717, 1.165) is 10.2 Å². The lowest BCUT2D eigenvalue weighted by Gasteiger charge is -2.12. The molecule has 0 atom stereocenters. The van der Waals surface area contributed by atoms with Crippen molar-refractivity contribution in [1.82, 2.24) is 4.57 Å². The second-order valence-corrected chi connectivity index (χ2v) is 13.5. The Morgan fingerprint density at radius 1 is 0.400 bits per heavy atom. The van der Waals surface area contributed by atoms with Crippen molar-refractivity contribution in [3.05, 3.63) is 162 Å². The molecule has 0 aliphatic carbocycles. The van der Waals surface area contributed by atoms with E-state index < -0.39 is 0 Å². The van der Waals surface area contributed by atoms with Gasteiger partial charge in [0.2, 0.25) is 0 Å². The molecule has 9 aromatic rings. The largest absolute Gasteiger partial charge is 0.309 e. The van der Waals surface area contributed by atoms with Crippen molar-refractivity contribution in [1.29, 1.82) is 0 Å². The summed E-state index contributed by atoms with van der Waals surface area (Å²) in [6.45, 7) is 0. The van der Waals surface area contributed by atoms with Gasteiger partial charge in [0.05, 0.1) is 11.0 Å². The molecular formula is C42H26BrNS. The molecule has 45 heavy (non-hydrogen) atoms. The zero-order chi connectivity index (χ0) is 29.9. The maximum atomic E-state index is 3.67. The van der Waals surface area contributed by atoms with E-state index in [4.69, 9.17) is 0 Å². The maximum Gasteiger partial charge on any atom is 0.0547 e. The summed E-state index contributed by atoms with van der Waals surface area (Å²) >= 11 is 5.53. The van der Waals surface area contributed by atoms with Crippen molar-refractivity contribution < 1.29 is 0 Å². The van der Waals surface area contributed by atoms with Crippen LogP contribution in [0.2, 0.25) is 0 Å². The van der Waals surface area contributed by atoms with E-state index >= 15 is 0 Å². The lowest BCUT2D eigenvalue weighted by atomic mass is 9.94. The molecule has 0 N–H and O–H groups in total. The van der Waals surface area contributed by atoms with Gasteiger partial charge in [0.1, 0.15) is 0 Å². The van der Waals surface area contributed by atoms with Gasteiger partial charge in [-0.3, -0.25) is 0 Å². The lowest BCUT2D eigenvalue weighted by Crippen LogP contribution is -1.94. The number of fused-ring (bicyclic) bond motifs is 6. The molecule has 2 heterocycles. The van der Waals surface area contributed by atoms with Gasteiger partial charge >= 0.3 is 0 Å². The Hall–Kier alpha value is -4.96. The number of aromatic nitrogens is 1. The lowest BCUT2D eigenvalue weighted by molar-refractivity contribution is 1.18. The number of hydrogen-bond donors (Lipinski definition) is 0. The Bertz CT molecular complexity index is 2560.